The molecule has 1 atom stereocenters. The lowest BCUT2D eigenvalue weighted by molar-refractivity contribution is 0.565. The lowest BCUT2D eigenvalue weighted by Gasteiger charge is -2.17. The summed E-state index contributed by atoms with van der Waals surface area (Å²) in [5.41, 5.74) is 3.73. The molecule has 2 rings (SSSR count). The average Bonchev–Trinajstić information content (AvgIpc) is 2.44. The summed E-state index contributed by atoms with van der Waals surface area (Å²) in [6, 6.07) is 10.5. The van der Waals surface area contributed by atoms with Gasteiger partial charge in [0.25, 0.3) is 0 Å². The fourth-order valence-corrected chi connectivity index (χ4v) is 4.14. The molecule has 2 aromatic rings. The van der Waals surface area contributed by atoms with E-state index in [1.165, 1.54) is 0 Å². The van der Waals surface area contributed by atoms with E-state index in [-0.39, 0.29) is 11.8 Å². The van der Waals surface area contributed by atoms with Gasteiger partial charge in [0.1, 0.15) is 0 Å². The van der Waals surface area contributed by atoms with Gasteiger partial charge in [-0.3, -0.25) is 0 Å². The number of halogens is 2. The van der Waals surface area contributed by atoms with Gasteiger partial charge in [-0.2, -0.15) is 0 Å². The van der Waals surface area contributed by atoms with Crippen LogP contribution in [0.15, 0.2) is 36.4 Å². The Labute approximate surface area is 147 Å². The van der Waals surface area contributed by atoms with Gasteiger partial charge in [-0.1, -0.05) is 53.0 Å². The molecule has 0 fully saturated rings. The van der Waals surface area contributed by atoms with Crippen LogP contribution in [0.5, 0.6) is 0 Å². The average molecular weight is 372 g/mol. The highest BCUT2D eigenvalue weighted by Crippen LogP contribution is 2.24. The lowest BCUT2D eigenvalue weighted by atomic mass is 10.0. The number of hydrogen-bond acceptors (Lipinski definition) is 2. The van der Waals surface area contributed by atoms with Crippen LogP contribution in [-0.4, -0.2) is 8.42 Å². The first-order chi connectivity index (χ1) is 10.7. The summed E-state index contributed by atoms with van der Waals surface area (Å²) in [4.78, 5) is 0. The topological polar surface area (TPSA) is 46.2 Å². The van der Waals surface area contributed by atoms with Crippen LogP contribution >= 0.6 is 23.2 Å². The zero-order valence-electron chi connectivity index (χ0n) is 13.2. The van der Waals surface area contributed by atoms with Crippen molar-refractivity contribution in [3.8, 4) is 0 Å². The molecule has 0 aromatic heterocycles. The largest absolute Gasteiger partial charge is 0.216 e. The molecule has 1 unspecified atom stereocenters. The van der Waals surface area contributed by atoms with Crippen LogP contribution in [0, 0.1) is 13.8 Å². The summed E-state index contributed by atoms with van der Waals surface area (Å²) in [5.74, 6) is -0.140. The molecular weight excluding hydrogens is 353 g/mol. The zero-order chi connectivity index (χ0) is 17.2. The fraction of sp³-hybridized carbons (Fsp3) is 0.294. The third-order valence-electron chi connectivity index (χ3n) is 3.60. The minimum atomic E-state index is -3.49. The number of rotatable bonds is 5. The Kier molecular flexibility index (Phi) is 5.74. The first-order valence-corrected chi connectivity index (χ1v) is 9.60. The van der Waals surface area contributed by atoms with Crippen LogP contribution in [0.2, 0.25) is 10.0 Å². The first kappa shape index (κ1) is 18.3. The highest BCUT2D eigenvalue weighted by Gasteiger charge is 2.18. The normalized spacial score (nSPS) is 13.1. The molecule has 0 radical (unpaired) electrons. The van der Waals surface area contributed by atoms with Crippen molar-refractivity contribution in [2.45, 2.75) is 32.6 Å². The van der Waals surface area contributed by atoms with Crippen molar-refractivity contribution in [3.05, 3.63) is 68.7 Å². The van der Waals surface area contributed by atoms with Crippen molar-refractivity contribution in [1.82, 2.24) is 4.72 Å². The summed E-state index contributed by atoms with van der Waals surface area (Å²) in [6.07, 6.45) is 0. The van der Waals surface area contributed by atoms with Gasteiger partial charge >= 0.3 is 0 Å². The minimum Gasteiger partial charge on any atom is -0.212 e. The number of sulfonamides is 1. The Morgan fingerprint density at radius 2 is 1.74 bits per heavy atom. The predicted octanol–water partition coefficient (Wildman–Crippen LogP) is 4.79. The number of aryl methyl sites for hydroxylation is 2. The zero-order valence-corrected chi connectivity index (χ0v) is 15.6. The van der Waals surface area contributed by atoms with Gasteiger partial charge in [0.15, 0.2) is 0 Å². The summed E-state index contributed by atoms with van der Waals surface area (Å²) in [6.45, 7) is 5.80. The molecule has 0 saturated heterocycles. The standard InChI is InChI=1S/C17H19Cl2NO2S/c1-11-4-5-12(2)15(8-11)13(3)20-23(21,22)10-14-6-7-16(18)17(19)9-14/h4-9,13,20H,10H2,1-3H3. The van der Waals surface area contributed by atoms with Crippen molar-refractivity contribution >= 4 is 33.2 Å². The molecule has 0 heterocycles. The maximum atomic E-state index is 12.4. The van der Waals surface area contributed by atoms with Crippen molar-refractivity contribution in [1.29, 1.82) is 0 Å². The quantitative estimate of drug-likeness (QED) is 0.820. The van der Waals surface area contributed by atoms with Gasteiger partial charge in [0.2, 0.25) is 10.0 Å². The van der Waals surface area contributed by atoms with Crippen LogP contribution in [0.4, 0.5) is 0 Å². The molecule has 0 aliphatic heterocycles. The van der Waals surface area contributed by atoms with E-state index in [0.717, 1.165) is 16.7 Å². The Balaban J connectivity index is 2.17. The molecule has 0 aliphatic carbocycles. The van der Waals surface area contributed by atoms with Gasteiger partial charge < -0.3 is 0 Å². The predicted molar refractivity (Wildman–Crippen MR) is 96.6 cm³/mol. The van der Waals surface area contributed by atoms with Crippen LogP contribution in [-0.2, 0) is 15.8 Å². The second kappa shape index (κ2) is 7.22. The Morgan fingerprint density at radius 3 is 2.39 bits per heavy atom. The highest BCUT2D eigenvalue weighted by atomic mass is 35.5. The van der Waals surface area contributed by atoms with E-state index in [1.807, 2.05) is 39.0 Å². The molecule has 3 nitrogen and oxygen atoms in total. The Hall–Kier alpha value is -1.07. The van der Waals surface area contributed by atoms with Gasteiger partial charge in [0.05, 0.1) is 15.8 Å². The van der Waals surface area contributed by atoms with Crippen molar-refractivity contribution in [2.75, 3.05) is 0 Å². The summed E-state index contributed by atoms with van der Waals surface area (Å²) >= 11 is 11.8. The molecule has 0 saturated carbocycles. The SMILES string of the molecule is Cc1ccc(C)c(C(C)NS(=O)(=O)Cc2ccc(Cl)c(Cl)c2)c1. The molecule has 2 aromatic carbocycles. The molecule has 0 bridgehead atoms. The summed E-state index contributed by atoms with van der Waals surface area (Å²) < 4.78 is 27.5. The molecule has 23 heavy (non-hydrogen) atoms. The van der Waals surface area contributed by atoms with E-state index in [2.05, 4.69) is 4.72 Å². The van der Waals surface area contributed by atoms with Gasteiger partial charge in [-0.05, 0) is 49.6 Å². The molecule has 1 N–H and O–H groups in total. The monoisotopic (exact) mass is 371 g/mol. The van der Waals surface area contributed by atoms with Gasteiger partial charge in [0, 0.05) is 6.04 Å². The van der Waals surface area contributed by atoms with Crippen molar-refractivity contribution in [2.24, 2.45) is 0 Å². The lowest BCUT2D eigenvalue weighted by Crippen LogP contribution is -2.28. The maximum absolute atomic E-state index is 12.4. The molecular formula is C17H19Cl2NO2S. The molecule has 0 aliphatic rings. The van der Waals surface area contributed by atoms with Crippen LogP contribution < -0.4 is 4.72 Å². The molecule has 0 spiro atoms. The van der Waals surface area contributed by atoms with Gasteiger partial charge in [-0.15, -0.1) is 0 Å². The van der Waals surface area contributed by atoms with Crippen LogP contribution in [0.25, 0.3) is 0 Å². The van der Waals surface area contributed by atoms with E-state index >= 15 is 0 Å². The second-order valence-electron chi connectivity index (χ2n) is 5.71. The number of hydrogen-bond donors (Lipinski definition) is 1. The van der Waals surface area contributed by atoms with E-state index in [1.54, 1.807) is 18.2 Å². The number of nitrogens with one attached hydrogen (secondary N) is 1. The third-order valence-corrected chi connectivity index (χ3v) is 5.76. The summed E-state index contributed by atoms with van der Waals surface area (Å²) in [7, 11) is -3.49. The van der Waals surface area contributed by atoms with E-state index in [4.69, 9.17) is 23.2 Å². The van der Waals surface area contributed by atoms with Crippen LogP contribution in [0.3, 0.4) is 0 Å². The van der Waals surface area contributed by atoms with Crippen molar-refractivity contribution < 1.29 is 8.42 Å². The Bertz CT molecular complexity index is 819. The first-order valence-electron chi connectivity index (χ1n) is 7.19. The Morgan fingerprint density at radius 1 is 1.04 bits per heavy atom. The molecule has 0 amide bonds. The molecule has 124 valence electrons. The third kappa shape index (κ3) is 4.95. The van der Waals surface area contributed by atoms with E-state index in [0.29, 0.717) is 15.6 Å². The second-order valence-corrected chi connectivity index (χ2v) is 8.28. The van der Waals surface area contributed by atoms with Gasteiger partial charge in [-0.25, -0.2) is 13.1 Å². The van der Waals surface area contributed by atoms with Crippen molar-refractivity contribution in [3.63, 3.8) is 0 Å². The van der Waals surface area contributed by atoms with E-state index in [9.17, 15) is 8.42 Å². The number of benzene rings is 2. The fourth-order valence-electron chi connectivity index (χ4n) is 2.45. The smallest absolute Gasteiger partial charge is 0.212 e. The molecule has 6 heteroatoms. The minimum absolute atomic E-state index is 0.140. The maximum Gasteiger partial charge on any atom is 0.216 e. The van der Waals surface area contributed by atoms with E-state index < -0.39 is 10.0 Å². The highest BCUT2D eigenvalue weighted by molar-refractivity contribution is 7.88. The summed E-state index contributed by atoms with van der Waals surface area (Å²) in [5, 5.41) is 0.756. The van der Waals surface area contributed by atoms with Crippen LogP contribution in [0.1, 0.15) is 35.2 Å².